The molecule has 0 bridgehead atoms. The standard InChI is InChI=1S/C17H18ClN3O3/c18-15-8-12(9-20-16(15)22)17(23)21-7-3-5-14(10-21)24-11-13-4-1-2-6-19-13/h1-2,4,6,8-9,14H,3,5,7,10-11H2,(H,20,22)/t14-/m1/s1. The summed E-state index contributed by atoms with van der Waals surface area (Å²) in [5.41, 5.74) is 0.849. The zero-order valence-corrected chi connectivity index (χ0v) is 13.8. The highest BCUT2D eigenvalue weighted by atomic mass is 35.5. The van der Waals surface area contributed by atoms with E-state index in [0.29, 0.717) is 25.3 Å². The van der Waals surface area contributed by atoms with E-state index in [1.54, 1.807) is 11.1 Å². The molecule has 2 aromatic heterocycles. The van der Waals surface area contributed by atoms with E-state index in [0.717, 1.165) is 18.5 Å². The average Bonchev–Trinajstić information content (AvgIpc) is 2.63. The number of ether oxygens (including phenoxy) is 1. The number of piperidine rings is 1. The summed E-state index contributed by atoms with van der Waals surface area (Å²) >= 11 is 5.80. The van der Waals surface area contributed by atoms with Crippen LogP contribution in [-0.2, 0) is 11.3 Å². The second kappa shape index (κ2) is 7.59. The second-order valence-corrected chi connectivity index (χ2v) is 6.12. The van der Waals surface area contributed by atoms with Gasteiger partial charge in [-0.05, 0) is 31.0 Å². The number of hydrogen-bond acceptors (Lipinski definition) is 4. The van der Waals surface area contributed by atoms with Crippen LogP contribution in [0, 0.1) is 0 Å². The Kier molecular flexibility index (Phi) is 5.27. The molecule has 7 heteroatoms. The normalized spacial score (nSPS) is 17.7. The van der Waals surface area contributed by atoms with E-state index in [1.165, 1.54) is 12.3 Å². The third kappa shape index (κ3) is 4.01. The number of pyridine rings is 2. The molecule has 1 N–H and O–H groups in total. The van der Waals surface area contributed by atoms with Gasteiger partial charge in [0.1, 0.15) is 5.02 Å². The van der Waals surface area contributed by atoms with Gasteiger partial charge in [0.25, 0.3) is 11.5 Å². The number of aromatic amines is 1. The van der Waals surface area contributed by atoms with Crippen molar-refractivity contribution >= 4 is 17.5 Å². The van der Waals surface area contributed by atoms with Gasteiger partial charge in [0.05, 0.1) is 24.0 Å². The molecule has 0 aromatic carbocycles. The van der Waals surface area contributed by atoms with Gasteiger partial charge in [-0.1, -0.05) is 17.7 Å². The maximum Gasteiger partial charge on any atom is 0.266 e. The van der Waals surface area contributed by atoms with Crippen LogP contribution in [0.5, 0.6) is 0 Å². The van der Waals surface area contributed by atoms with Crippen molar-refractivity contribution in [2.45, 2.75) is 25.6 Å². The maximum absolute atomic E-state index is 12.6. The summed E-state index contributed by atoms with van der Waals surface area (Å²) in [7, 11) is 0. The molecule has 6 nitrogen and oxygen atoms in total. The van der Waals surface area contributed by atoms with Crippen LogP contribution in [0.15, 0.2) is 41.5 Å². The molecular formula is C17H18ClN3O3. The summed E-state index contributed by atoms with van der Waals surface area (Å²) in [6, 6.07) is 7.09. The van der Waals surface area contributed by atoms with E-state index in [9.17, 15) is 9.59 Å². The first-order chi connectivity index (χ1) is 11.6. The maximum atomic E-state index is 12.6. The summed E-state index contributed by atoms with van der Waals surface area (Å²) in [6.07, 6.45) is 4.88. The number of carbonyl (C=O) groups excluding carboxylic acids is 1. The van der Waals surface area contributed by atoms with Crippen LogP contribution in [-0.4, -0.2) is 40.0 Å². The molecule has 1 saturated heterocycles. The fourth-order valence-corrected chi connectivity index (χ4v) is 2.88. The van der Waals surface area contributed by atoms with E-state index >= 15 is 0 Å². The highest BCUT2D eigenvalue weighted by Crippen LogP contribution is 2.17. The van der Waals surface area contributed by atoms with Crippen LogP contribution < -0.4 is 5.56 Å². The first kappa shape index (κ1) is 16.7. The Morgan fingerprint density at radius 1 is 1.46 bits per heavy atom. The highest BCUT2D eigenvalue weighted by Gasteiger charge is 2.25. The van der Waals surface area contributed by atoms with Gasteiger partial charge in [0, 0.05) is 25.5 Å². The van der Waals surface area contributed by atoms with Gasteiger partial charge in [0.15, 0.2) is 0 Å². The molecule has 24 heavy (non-hydrogen) atoms. The Balaban J connectivity index is 1.61. The number of amides is 1. The van der Waals surface area contributed by atoms with E-state index in [4.69, 9.17) is 16.3 Å². The van der Waals surface area contributed by atoms with Gasteiger partial charge >= 0.3 is 0 Å². The first-order valence-corrected chi connectivity index (χ1v) is 8.20. The summed E-state index contributed by atoms with van der Waals surface area (Å²) in [5, 5.41) is 0.0146. The van der Waals surface area contributed by atoms with Crippen molar-refractivity contribution in [3.05, 3.63) is 63.3 Å². The third-order valence-corrected chi connectivity index (χ3v) is 4.24. The molecule has 1 aliphatic rings. The molecular weight excluding hydrogens is 330 g/mol. The SMILES string of the molecule is O=C(c1c[nH]c(=O)c(Cl)c1)N1CCC[C@@H](OCc2ccccn2)C1. The third-order valence-electron chi connectivity index (χ3n) is 3.96. The lowest BCUT2D eigenvalue weighted by molar-refractivity contribution is -0.00786. The van der Waals surface area contributed by atoms with Crippen molar-refractivity contribution in [3.8, 4) is 0 Å². The van der Waals surface area contributed by atoms with Crippen molar-refractivity contribution in [1.82, 2.24) is 14.9 Å². The van der Waals surface area contributed by atoms with E-state index in [2.05, 4.69) is 9.97 Å². The number of hydrogen-bond donors (Lipinski definition) is 1. The molecule has 0 spiro atoms. The monoisotopic (exact) mass is 347 g/mol. The number of rotatable bonds is 4. The topological polar surface area (TPSA) is 75.3 Å². The summed E-state index contributed by atoms with van der Waals surface area (Å²) in [6.45, 7) is 1.61. The first-order valence-electron chi connectivity index (χ1n) is 7.82. The zero-order valence-electron chi connectivity index (χ0n) is 13.1. The van der Waals surface area contributed by atoms with E-state index in [1.807, 2.05) is 18.2 Å². The van der Waals surface area contributed by atoms with Gasteiger partial charge in [-0.25, -0.2) is 0 Å². The zero-order chi connectivity index (χ0) is 16.9. The molecule has 0 unspecified atom stereocenters. The van der Waals surface area contributed by atoms with Crippen molar-refractivity contribution in [1.29, 1.82) is 0 Å². The largest absolute Gasteiger partial charge is 0.370 e. The lowest BCUT2D eigenvalue weighted by Crippen LogP contribution is -2.43. The van der Waals surface area contributed by atoms with E-state index < -0.39 is 5.56 Å². The van der Waals surface area contributed by atoms with Crippen molar-refractivity contribution in [3.63, 3.8) is 0 Å². The van der Waals surface area contributed by atoms with E-state index in [-0.39, 0.29) is 17.0 Å². The van der Waals surface area contributed by atoms with Crippen LogP contribution in [0.25, 0.3) is 0 Å². The molecule has 0 saturated carbocycles. The summed E-state index contributed by atoms with van der Waals surface area (Å²) < 4.78 is 5.89. The van der Waals surface area contributed by atoms with Gasteiger partial charge in [-0.3, -0.25) is 14.6 Å². The number of carbonyl (C=O) groups is 1. The van der Waals surface area contributed by atoms with Crippen molar-refractivity contribution in [2.75, 3.05) is 13.1 Å². The molecule has 1 aliphatic heterocycles. The van der Waals surface area contributed by atoms with Crippen LogP contribution in [0.3, 0.4) is 0 Å². The average molecular weight is 348 g/mol. The number of aromatic nitrogens is 2. The Bertz CT molecular complexity index is 763. The number of likely N-dealkylation sites (tertiary alicyclic amines) is 1. The minimum atomic E-state index is -0.400. The molecule has 3 rings (SSSR count). The summed E-state index contributed by atoms with van der Waals surface area (Å²) in [4.78, 5) is 32.3. The van der Waals surface area contributed by atoms with Crippen LogP contribution >= 0.6 is 11.6 Å². The molecule has 1 fully saturated rings. The number of nitrogens with zero attached hydrogens (tertiary/aromatic N) is 2. The van der Waals surface area contributed by atoms with Gasteiger partial charge in [0.2, 0.25) is 0 Å². The number of nitrogens with one attached hydrogen (secondary N) is 1. The quantitative estimate of drug-likeness (QED) is 0.920. The Labute approximate surface area is 144 Å². The van der Waals surface area contributed by atoms with Gasteiger partial charge in [-0.15, -0.1) is 0 Å². The predicted molar refractivity (Wildman–Crippen MR) is 90.0 cm³/mol. The predicted octanol–water partition coefficient (Wildman–Crippen LogP) is 2.24. The molecule has 0 radical (unpaired) electrons. The van der Waals surface area contributed by atoms with Crippen molar-refractivity contribution < 1.29 is 9.53 Å². The molecule has 0 aliphatic carbocycles. The second-order valence-electron chi connectivity index (χ2n) is 5.71. The summed E-state index contributed by atoms with van der Waals surface area (Å²) in [5.74, 6) is -0.153. The number of H-pyrrole nitrogens is 1. The molecule has 1 amide bonds. The Morgan fingerprint density at radius 2 is 2.33 bits per heavy atom. The lowest BCUT2D eigenvalue weighted by atomic mass is 10.1. The minimum Gasteiger partial charge on any atom is -0.370 e. The van der Waals surface area contributed by atoms with Gasteiger partial charge < -0.3 is 14.6 Å². The van der Waals surface area contributed by atoms with Crippen molar-refractivity contribution in [2.24, 2.45) is 0 Å². The fourth-order valence-electron chi connectivity index (χ4n) is 2.71. The van der Waals surface area contributed by atoms with Crippen LogP contribution in [0.2, 0.25) is 5.02 Å². The molecule has 3 heterocycles. The highest BCUT2D eigenvalue weighted by molar-refractivity contribution is 6.30. The van der Waals surface area contributed by atoms with Crippen LogP contribution in [0.1, 0.15) is 28.9 Å². The molecule has 126 valence electrons. The Hall–Kier alpha value is -2.18. The molecule has 1 atom stereocenters. The van der Waals surface area contributed by atoms with Gasteiger partial charge in [-0.2, -0.15) is 0 Å². The smallest absolute Gasteiger partial charge is 0.266 e. The number of halogens is 1. The fraction of sp³-hybridized carbons (Fsp3) is 0.353. The lowest BCUT2D eigenvalue weighted by Gasteiger charge is -2.32. The Morgan fingerprint density at radius 3 is 3.08 bits per heavy atom. The molecule has 2 aromatic rings. The van der Waals surface area contributed by atoms with Crippen LogP contribution in [0.4, 0.5) is 0 Å². The minimum absolute atomic E-state index is 0.0146.